The topological polar surface area (TPSA) is 89.3 Å². The maximum absolute atomic E-state index is 11.7. The van der Waals surface area contributed by atoms with Crippen molar-refractivity contribution in [3.63, 3.8) is 0 Å². The summed E-state index contributed by atoms with van der Waals surface area (Å²) in [6, 6.07) is 10.9. The third kappa shape index (κ3) is 4.97. The van der Waals surface area contributed by atoms with Crippen LogP contribution in [0.2, 0.25) is 0 Å². The molecule has 0 aliphatic rings. The largest absolute Gasteiger partial charge is 0.444 e. The molecule has 1 aromatic heterocycles. The van der Waals surface area contributed by atoms with Crippen molar-refractivity contribution in [2.24, 2.45) is 0 Å². The molecule has 0 fully saturated rings. The maximum Gasteiger partial charge on any atom is 0.413 e. The Balaban J connectivity index is 2.03. The summed E-state index contributed by atoms with van der Waals surface area (Å²) in [6.45, 7) is 5.41. The fourth-order valence-electron chi connectivity index (χ4n) is 1.72. The van der Waals surface area contributed by atoms with E-state index in [-0.39, 0.29) is 0 Å². The number of hydrogen-bond donors (Lipinski definition) is 3. The van der Waals surface area contributed by atoms with Gasteiger partial charge in [0.25, 0.3) is 0 Å². The SMILES string of the molecule is CC(C)(C)OC(=O)Nc1cc(Nc2ccc(N)cc2)ccn1. The van der Waals surface area contributed by atoms with Gasteiger partial charge in [-0.1, -0.05) is 0 Å². The highest BCUT2D eigenvalue weighted by atomic mass is 16.6. The lowest BCUT2D eigenvalue weighted by molar-refractivity contribution is 0.0635. The predicted octanol–water partition coefficient (Wildman–Crippen LogP) is 3.75. The quantitative estimate of drug-likeness (QED) is 0.751. The van der Waals surface area contributed by atoms with Gasteiger partial charge in [0.15, 0.2) is 0 Å². The predicted molar refractivity (Wildman–Crippen MR) is 88.2 cm³/mol. The van der Waals surface area contributed by atoms with Gasteiger partial charge in [0, 0.05) is 29.3 Å². The molecule has 2 aromatic rings. The summed E-state index contributed by atoms with van der Waals surface area (Å²) in [5, 5.41) is 5.81. The van der Waals surface area contributed by atoms with Crippen molar-refractivity contribution in [1.82, 2.24) is 4.98 Å². The highest BCUT2D eigenvalue weighted by Gasteiger charge is 2.16. The summed E-state index contributed by atoms with van der Waals surface area (Å²) in [5.74, 6) is 0.412. The number of nitrogen functional groups attached to an aromatic ring is 1. The minimum absolute atomic E-state index is 0.412. The minimum Gasteiger partial charge on any atom is -0.444 e. The molecule has 1 aromatic carbocycles. The highest BCUT2D eigenvalue weighted by molar-refractivity contribution is 5.84. The van der Waals surface area contributed by atoms with Gasteiger partial charge in [-0.05, 0) is 51.1 Å². The van der Waals surface area contributed by atoms with Gasteiger partial charge in [-0.15, -0.1) is 0 Å². The van der Waals surface area contributed by atoms with E-state index in [0.29, 0.717) is 11.5 Å². The average molecular weight is 300 g/mol. The molecule has 0 bridgehead atoms. The molecule has 0 spiro atoms. The first kappa shape index (κ1) is 15.6. The molecule has 0 aliphatic carbocycles. The number of nitrogens with one attached hydrogen (secondary N) is 2. The number of rotatable bonds is 3. The molecule has 2 rings (SSSR count). The van der Waals surface area contributed by atoms with E-state index in [1.807, 2.05) is 24.3 Å². The number of carbonyl (C=O) groups is 1. The Kier molecular flexibility index (Phi) is 4.50. The zero-order valence-electron chi connectivity index (χ0n) is 12.9. The van der Waals surface area contributed by atoms with Crippen LogP contribution in [0.15, 0.2) is 42.6 Å². The van der Waals surface area contributed by atoms with E-state index in [9.17, 15) is 4.79 Å². The van der Waals surface area contributed by atoms with Crippen LogP contribution in [0, 0.1) is 0 Å². The average Bonchev–Trinajstić information content (AvgIpc) is 2.39. The minimum atomic E-state index is -0.552. The van der Waals surface area contributed by atoms with E-state index in [2.05, 4.69) is 15.6 Å². The number of carbonyl (C=O) groups excluding carboxylic acids is 1. The van der Waals surface area contributed by atoms with Crippen LogP contribution in [0.25, 0.3) is 0 Å². The van der Waals surface area contributed by atoms with Crippen LogP contribution in [0.4, 0.5) is 27.7 Å². The molecule has 0 radical (unpaired) electrons. The molecule has 6 heteroatoms. The number of aromatic nitrogens is 1. The lowest BCUT2D eigenvalue weighted by Crippen LogP contribution is -2.27. The van der Waals surface area contributed by atoms with E-state index in [1.165, 1.54) is 0 Å². The van der Waals surface area contributed by atoms with Crippen molar-refractivity contribution >= 4 is 29.0 Å². The third-order valence-corrected chi connectivity index (χ3v) is 2.59. The molecule has 0 saturated heterocycles. The number of amides is 1. The van der Waals surface area contributed by atoms with Crippen LogP contribution in [0.1, 0.15) is 20.8 Å². The summed E-state index contributed by atoms with van der Waals surface area (Å²) in [7, 11) is 0. The Labute approximate surface area is 129 Å². The first-order valence-electron chi connectivity index (χ1n) is 6.90. The van der Waals surface area contributed by atoms with Gasteiger partial charge < -0.3 is 15.8 Å². The van der Waals surface area contributed by atoms with Crippen LogP contribution >= 0.6 is 0 Å². The lowest BCUT2D eigenvalue weighted by atomic mass is 10.2. The van der Waals surface area contributed by atoms with Gasteiger partial charge in [-0.3, -0.25) is 5.32 Å². The molecule has 0 atom stereocenters. The number of benzene rings is 1. The van der Waals surface area contributed by atoms with Crippen molar-refractivity contribution in [2.45, 2.75) is 26.4 Å². The van der Waals surface area contributed by atoms with Crippen LogP contribution < -0.4 is 16.4 Å². The number of nitrogens with two attached hydrogens (primary N) is 1. The van der Waals surface area contributed by atoms with Gasteiger partial charge in [0.1, 0.15) is 11.4 Å². The Bertz CT molecular complexity index is 648. The molecular weight excluding hydrogens is 280 g/mol. The smallest absolute Gasteiger partial charge is 0.413 e. The molecule has 22 heavy (non-hydrogen) atoms. The zero-order valence-corrected chi connectivity index (χ0v) is 12.9. The van der Waals surface area contributed by atoms with Gasteiger partial charge >= 0.3 is 6.09 Å². The lowest BCUT2D eigenvalue weighted by Gasteiger charge is -2.19. The second-order valence-electron chi connectivity index (χ2n) is 5.80. The Morgan fingerprint density at radius 3 is 2.45 bits per heavy atom. The Hall–Kier alpha value is -2.76. The van der Waals surface area contributed by atoms with E-state index in [4.69, 9.17) is 10.5 Å². The van der Waals surface area contributed by atoms with Crippen molar-refractivity contribution in [3.8, 4) is 0 Å². The second-order valence-corrected chi connectivity index (χ2v) is 5.80. The number of hydrogen-bond acceptors (Lipinski definition) is 5. The van der Waals surface area contributed by atoms with Gasteiger partial charge in [-0.25, -0.2) is 9.78 Å². The summed E-state index contributed by atoms with van der Waals surface area (Å²) < 4.78 is 5.19. The zero-order chi connectivity index (χ0) is 16.2. The van der Waals surface area contributed by atoms with Crippen LogP contribution in [-0.2, 0) is 4.74 Å². The molecule has 1 amide bonds. The summed E-state index contributed by atoms with van der Waals surface area (Å²) in [5.41, 5.74) is 7.49. The maximum atomic E-state index is 11.7. The number of anilines is 4. The van der Waals surface area contributed by atoms with Crippen molar-refractivity contribution in [1.29, 1.82) is 0 Å². The fourth-order valence-corrected chi connectivity index (χ4v) is 1.72. The fraction of sp³-hybridized carbons (Fsp3) is 0.250. The van der Waals surface area contributed by atoms with E-state index >= 15 is 0 Å². The van der Waals surface area contributed by atoms with Gasteiger partial charge in [0.05, 0.1) is 0 Å². The standard InChI is InChI=1S/C16H20N4O2/c1-16(2,3)22-15(21)20-14-10-13(8-9-18-14)19-12-6-4-11(17)5-7-12/h4-10H,17H2,1-3H3,(H2,18,19,20,21). The molecule has 0 unspecified atom stereocenters. The second kappa shape index (κ2) is 6.34. The number of ether oxygens (including phenoxy) is 1. The van der Waals surface area contributed by atoms with Crippen LogP contribution in [-0.4, -0.2) is 16.7 Å². The molecular formula is C16H20N4O2. The van der Waals surface area contributed by atoms with Gasteiger partial charge in [-0.2, -0.15) is 0 Å². The first-order chi connectivity index (χ1) is 10.3. The van der Waals surface area contributed by atoms with Crippen molar-refractivity contribution in [2.75, 3.05) is 16.4 Å². The highest BCUT2D eigenvalue weighted by Crippen LogP contribution is 2.20. The van der Waals surface area contributed by atoms with E-state index in [1.54, 1.807) is 39.1 Å². The van der Waals surface area contributed by atoms with Crippen molar-refractivity contribution < 1.29 is 9.53 Å². The van der Waals surface area contributed by atoms with Crippen LogP contribution in [0.3, 0.4) is 0 Å². The molecule has 4 N–H and O–H groups in total. The number of pyridine rings is 1. The molecule has 116 valence electrons. The Morgan fingerprint density at radius 2 is 1.82 bits per heavy atom. The van der Waals surface area contributed by atoms with Crippen molar-refractivity contribution in [3.05, 3.63) is 42.6 Å². The Morgan fingerprint density at radius 1 is 1.14 bits per heavy atom. The monoisotopic (exact) mass is 300 g/mol. The summed E-state index contributed by atoms with van der Waals surface area (Å²) in [6.07, 6.45) is 1.07. The third-order valence-electron chi connectivity index (χ3n) is 2.59. The van der Waals surface area contributed by atoms with E-state index < -0.39 is 11.7 Å². The van der Waals surface area contributed by atoms with Crippen LogP contribution in [0.5, 0.6) is 0 Å². The van der Waals surface area contributed by atoms with E-state index in [0.717, 1.165) is 11.4 Å². The number of nitrogens with zero attached hydrogens (tertiary/aromatic N) is 1. The molecule has 6 nitrogen and oxygen atoms in total. The first-order valence-corrected chi connectivity index (χ1v) is 6.90. The van der Waals surface area contributed by atoms with Gasteiger partial charge in [0.2, 0.25) is 0 Å². The molecule has 0 aliphatic heterocycles. The molecule has 0 saturated carbocycles. The molecule has 1 heterocycles. The summed E-state index contributed by atoms with van der Waals surface area (Å²) >= 11 is 0. The normalized spacial score (nSPS) is 10.9. The summed E-state index contributed by atoms with van der Waals surface area (Å²) in [4.78, 5) is 15.8.